The maximum absolute atomic E-state index is 11.5. The minimum atomic E-state index is -3.84. The summed E-state index contributed by atoms with van der Waals surface area (Å²) in [6, 6.07) is 4.49. The summed E-state index contributed by atoms with van der Waals surface area (Å²) in [4.78, 5) is -0.0575. The molecule has 0 aliphatic rings. The Labute approximate surface area is 121 Å². The Hall–Kier alpha value is -1.27. The van der Waals surface area contributed by atoms with Crippen molar-refractivity contribution in [1.29, 1.82) is 0 Å². The molecular weight excluding hydrogens is 276 g/mol. The van der Waals surface area contributed by atoms with Crippen molar-refractivity contribution >= 4 is 15.7 Å². The van der Waals surface area contributed by atoms with Crippen LogP contribution in [0.5, 0.6) is 5.75 Å². The van der Waals surface area contributed by atoms with Crippen LogP contribution in [0.15, 0.2) is 23.1 Å². The van der Waals surface area contributed by atoms with Gasteiger partial charge in [-0.3, -0.25) is 0 Å². The van der Waals surface area contributed by atoms with Gasteiger partial charge in [0, 0.05) is 5.69 Å². The molecule has 0 aliphatic heterocycles. The van der Waals surface area contributed by atoms with Gasteiger partial charge in [-0.25, -0.2) is 13.6 Å². The SMILES string of the molecule is CCCCCCC(C)Oc1ccc(N)cc1S(N)(=O)=O. The zero-order chi connectivity index (χ0) is 15.2. The Balaban J connectivity index is 2.72. The zero-order valence-corrected chi connectivity index (χ0v) is 12.9. The van der Waals surface area contributed by atoms with Crippen molar-refractivity contribution in [3.8, 4) is 5.75 Å². The summed E-state index contributed by atoms with van der Waals surface area (Å²) in [7, 11) is -3.84. The van der Waals surface area contributed by atoms with E-state index in [1.807, 2.05) is 6.92 Å². The molecule has 0 bridgehead atoms. The molecule has 0 fully saturated rings. The van der Waals surface area contributed by atoms with Crippen molar-refractivity contribution in [3.05, 3.63) is 18.2 Å². The first-order chi connectivity index (χ1) is 9.34. The first-order valence-corrected chi connectivity index (χ1v) is 8.48. The largest absolute Gasteiger partial charge is 0.489 e. The molecule has 0 spiro atoms. The molecule has 6 heteroatoms. The molecule has 0 amide bonds. The molecule has 114 valence electrons. The lowest BCUT2D eigenvalue weighted by molar-refractivity contribution is 0.201. The van der Waals surface area contributed by atoms with Gasteiger partial charge in [-0.2, -0.15) is 0 Å². The van der Waals surface area contributed by atoms with Crippen LogP contribution in [0, 0.1) is 0 Å². The lowest BCUT2D eigenvalue weighted by Crippen LogP contribution is -2.18. The van der Waals surface area contributed by atoms with E-state index in [1.54, 1.807) is 12.1 Å². The van der Waals surface area contributed by atoms with Crippen LogP contribution in [-0.4, -0.2) is 14.5 Å². The van der Waals surface area contributed by atoms with E-state index in [-0.39, 0.29) is 16.7 Å². The average Bonchev–Trinajstić information content (AvgIpc) is 2.35. The molecule has 1 aromatic rings. The van der Waals surface area contributed by atoms with Gasteiger partial charge in [0.25, 0.3) is 0 Å². The summed E-state index contributed by atoms with van der Waals surface area (Å²) in [6.45, 7) is 4.09. The van der Waals surface area contributed by atoms with Crippen molar-refractivity contribution in [2.45, 2.75) is 57.0 Å². The van der Waals surface area contributed by atoms with E-state index in [9.17, 15) is 8.42 Å². The summed E-state index contributed by atoms with van der Waals surface area (Å²) in [5.74, 6) is 0.268. The summed E-state index contributed by atoms with van der Waals surface area (Å²) >= 11 is 0. The van der Waals surface area contributed by atoms with Crippen molar-refractivity contribution < 1.29 is 13.2 Å². The minimum Gasteiger partial charge on any atom is -0.489 e. The number of benzene rings is 1. The fourth-order valence-corrected chi connectivity index (χ4v) is 2.68. The van der Waals surface area contributed by atoms with Crippen LogP contribution in [0.1, 0.15) is 46.0 Å². The maximum Gasteiger partial charge on any atom is 0.241 e. The second-order valence-corrected chi connectivity index (χ2v) is 6.56. The molecule has 1 unspecified atom stereocenters. The van der Waals surface area contributed by atoms with Crippen LogP contribution in [0.3, 0.4) is 0 Å². The number of rotatable bonds is 8. The number of hydrogen-bond acceptors (Lipinski definition) is 4. The summed E-state index contributed by atoms with van der Waals surface area (Å²) in [5, 5.41) is 5.18. The molecule has 0 radical (unpaired) electrons. The Bertz CT molecular complexity index is 529. The zero-order valence-electron chi connectivity index (χ0n) is 12.1. The van der Waals surface area contributed by atoms with Crippen LogP contribution in [-0.2, 0) is 10.0 Å². The van der Waals surface area contributed by atoms with E-state index in [4.69, 9.17) is 15.6 Å². The first-order valence-electron chi connectivity index (χ1n) is 6.93. The molecule has 0 aliphatic carbocycles. The predicted molar refractivity (Wildman–Crippen MR) is 81.1 cm³/mol. The second kappa shape index (κ2) is 7.50. The minimum absolute atomic E-state index is 0.0575. The molecule has 1 aromatic carbocycles. The normalized spacial score (nSPS) is 13.2. The number of ether oxygens (including phenoxy) is 1. The molecule has 0 saturated heterocycles. The summed E-state index contributed by atoms with van der Waals surface area (Å²) in [6.07, 6.45) is 5.44. The van der Waals surface area contributed by atoms with Crippen molar-refractivity contribution in [2.75, 3.05) is 5.73 Å². The molecular formula is C14H24N2O3S. The molecule has 0 saturated carbocycles. The van der Waals surface area contributed by atoms with Gasteiger partial charge in [0.2, 0.25) is 10.0 Å². The van der Waals surface area contributed by atoms with E-state index in [1.165, 1.54) is 18.9 Å². The summed E-state index contributed by atoms with van der Waals surface area (Å²) in [5.41, 5.74) is 5.94. The van der Waals surface area contributed by atoms with E-state index in [0.29, 0.717) is 5.69 Å². The van der Waals surface area contributed by atoms with Gasteiger partial charge in [-0.05, 0) is 38.0 Å². The molecule has 4 N–H and O–H groups in total. The third kappa shape index (κ3) is 5.38. The van der Waals surface area contributed by atoms with Crippen LogP contribution in [0.4, 0.5) is 5.69 Å². The first kappa shape index (κ1) is 16.8. The number of nitrogen functional groups attached to an aromatic ring is 1. The Morgan fingerprint density at radius 1 is 1.25 bits per heavy atom. The Morgan fingerprint density at radius 3 is 2.55 bits per heavy atom. The molecule has 0 aromatic heterocycles. The van der Waals surface area contributed by atoms with Gasteiger partial charge in [0.1, 0.15) is 10.6 Å². The summed E-state index contributed by atoms with van der Waals surface area (Å²) < 4.78 is 28.8. The molecule has 5 nitrogen and oxygen atoms in total. The molecule has 0 heterocycles. The highest BCUT2D eigenvalue weighted by atomic mass is 32.2. The van der Waals surface area contributed by atoms with Crippen LogP contribution < -0.4 is 15.6 Å². The quantitative estimate of drug-likeness (QED) is 0.570. The van der Waals surface area contributed by atoms with Gasteiger partial charge in [-0.15, -0.1) is 0 Å². The average molecular weight is 300 g/mol. The predicted octanol–water partition coefficient (Wildman–Crippen LogP) is 2.65. The van der Waals surface area contributed by atoms with E-state index >= 15 is 0 Å². The van der Waals surface area contributed by atoms with Gasteiger partial charge >= 0.3 is 0 Å². The fourth-order valence-electron chi connectivity index (χ4n) is 1.98. The van der Waals surface area contributed by atoms with E-state index in [2.05, 4.69) is 6.92 Å². The Morgan fingerprint density at radius 2 is 1.95 bits per heavy atom. The fraction of sp³-hybridized carbons (Fsp3) is 0.571. The van der Waals surface area contributed by atoms with Crippen molar-refractivity contribution in [3.63, 3.8) is 0 Å². The molecule has 1 rings (SSSR count). The van der Waals surface area contributed by atoms with Crippen molar-refractivity contribution in [2.24, 2.45) is 5.14 Å². The van der Waals surface area contributed by atoms with Crippen LogP contribution in [0.2, 0.25) is 0 Å². The number of anilines is 1. The molecule has 20 heavy (non-hydrogen) atoms. The number of nitrogens with two attached hydrogens (primary N) is 2. The number of sulfonamides is 1. The lowest BCUT2D eigenvalue weighted by Gasteiger charge is -2.17. The number of hydrogen-bond donors (Lipinski definition) is 2. The highest BCUT2D eigenvalue weighted by Gasteiger charge is 2.17. The third-order valence-corrected chi connectivity index (χ3v) is 4.00. The lowest BCUT2D eigenvalue weighted by atomic mass is 10.1. The van der Waals surface area contributed by atoms with Crippen LogP contribution >= 0.6 is 0 Å². The highest BCUT2D eigenvalue weighted by molar-refractivity contribution is 7.89. The van der Waals surface area contributed by atoms with Gasteiger partial charge < -0.3 is 10.5 Å². The maximum atomic E-state index is 11.5. The Kier molecular flexibility index (Phi) is 6.29. The van der Waals surface area contributed by atoms with Gasteiger partial charge in [0.15, 0.2) is 0 Å². The third-order valence-electron chi connectivity index (χ3n) is 3.07. The molecule has 1 atom stereocenters. The van der Waals surface area contributed by atoms with Gasteiger partial charge in [-0.1, -0.05) is 26.2 Å². The van der Waals surface area contributed by atoms with Crippen molar-refractivity contribution in [1.82, 2.24) is 0 Å². The second-order valence-electron chi connectivity index (χ2n) is 5.03. The topological polar surface area (TPSA) is 95.4 Å². The van der Waals surface area contributed by atoms with E-state index < -0.39 is 10.0 Å². The van der Waals surface area contributed by atoms with Crippen LogP contribution in [0.25, 0.3) is 0 Å². The highest BCUT2D eigenvalue weighted by Crippen LogP contribution is 2.26. The van der Waals surface area contributed by atoms with E-state index in [0.717, 1.165) is 19.3 Å². The monoisotopic (exact) mass is 300 g/mol. The smallest absolute Gasteiger partial charge is 0.241 e. The number of unbranched alkanes of at least 4 members (excludes halogenated alkanes) is 3. The van der Waals surface area contributed by atoms with Gasteiger partial charge in [0.05, 0.1) is 6.10 Å². The standard InChI is InChI=1S/C14H24N2O3S/c1-3-4-5-6-7-11(2)19-13-9-8-12(15)10-14(13)20(16,17)18/h8-11H,3-7,15H2,1-2H3,(H2,16,17,18). The number of primary sulfonamides is 1.